The summed E-state index contributed by atoms with van der Waals surface area (Å²) in [5, 5.41) is 7.38. The average molecular weight is 502 g/mol. The minimum atomic E-state index is -3.87. The van der Waals surface area contributed by atoms with E-state index in [0.29, 0.717) is 30.8 Å². The largest absolute Gasteiger partial charge is 0.341 e. The van der Waals surface area contributed by atoms with Gasteiger partial charge in [-0.2, -0.15) is 9.40 Å². The van der Waals surface area contributed by atoms with Crippen molar-refractivity contribution in [2.45, 2.75) is 64.8 Å². The lowest BCUT2D eigenvalue weighted by Gasteiger charge is -2.31. The van der Waals surface area contributed by atoms with Gasteiger partial charge in [0.2, 0.25) is 21.8 Å². The Labute approximate surface area is 207 Å². The molecule has 1 unspecified atom stereocenters. The number of nitrogens with one attached hydrogen (secondary N) is 1. The van der Waals surface area contributed by atoms with Crippen molar-refractivity contribution >= 4 is 27.5 Å². The molecule has 2 aliphatic rings. The van der Waals surface area contributed by atoms with E-state index < -0.39 is 15.9 Å². The second kappa shape index (κ2) is 10.1. The maximum atomic E-state index is 13.7. The van der Waals surface area contributed by atoms with E-state index in [9.17, 15) is 18.0 Å². The molecular formula is C25H35N5O4S. The van der Waals surface area contributed by atoms with Crippen molar-refractivity contribution in [3.05, 3.63) is 40.7 Å². The van der Waals surface area contributed by atoms with Crippen LogP contribution in [0.1, 0.15) is 48.2 Å². The van der Waals surface area contributed by atoms with Gasteiger partial charge in [0.05, 0.1) is 17.3 Å². The van der Waals surface area contributed by atoms with Gasteiger partial charge in [0.15, 0.2) is 0 Å². The van der Waals surface area contributed by atoms with Gasteiger partial charge in [-0.05, 0) is 70.6 Å². The number of benzene rings is 1. The van der Waals surface area contributed by atoms with Gasteiger partial charge in [-0.1, -0.05) is 12.1 Å². The van der Waals surface area contributed by atoms with Crippen LogP contribution in [0.2, 0.25) is 0 Å². The number of nitrogens with zero attached hydrogens (tertiary/aromatic N) is 4. The Morgan fingerprint density at radius 1 is 1.06 bits per heavy atom. The number of piperidine rings is 1. The molecule has 0 aliphatic carbocycles. The molecule has 190 valence electrons. The van der Waals surface area contributed by atoms with Crippen LogP contribution >= 0.6 is 0 Å². The molecule has 35 heavy (non-hydrogen) atoms. The third-order valence-corrected chi connectivity index (χ3v) is 9.39. The Kier molecular flexibility index (Phi) is 7.32. The molecule has 0 bridgehead atoms. The summed E-state index contributed by atoms with van der Waals surface area (Å²) in [5.41, 5.74) is 3.67. The number of anilines is 1. The van der Waals surface area contributed by atoms with Crippen molar-refractivity contribution in [2.24, 2.45) is 5.92 Å². The molecule has 1 N–H and O–H groups in total. The molecule has 1 aromatic carbocycles. The van der Waals surface area contributed by atoms with Crippen molar-refractivity contribution in [3.63, 3.8) is 0 Å². The van der Waals surface area contributed by atoms with Crippen molar-refractivity contribution in [2.75, 3.05) is 31.5 Å². The number of aromatic nitrogens is 2. The fourth-order valence-electron chi connectivity index (χ4n) is 5.03. The fourth-order valence-corrected chi connectivity index (χ4v) is 6.92. The Bertz CT molecular complexity index is 1230. The molecule has 4 rings (SSSR count). The molecule has 2 fully saturated rings. The van der Waals surface area contributed by atoms with E-state index in [-0.39, 0.29) is 29.8 Å². The number of likely N-dealkylation sites (tertiary alicyclic amines) is 1. The SMILES string of the molecule is Cc1cccc(NC(=O)C2CCCN(S(=O)(=O)c3c(C)nn(CC(=O)N4CCCC4)c3C)C2)c1C. The van der Waals surface area contributed by atoms with E-state index in [1.807, 2.05) is 32.0 Å². The number of carbonyl (C=O) groups excluding carboxylic acids is 2. The zero-order chi connectivity index (χ0) is 25.3. The van der Waals surface area contributed by atoms with Gasteiger partial charge in [-0.3, -0.25) is 14.3 Å². The minimum absolute atomic E-state index is 0.0308. The minimum Gasteiger partial charge on any atom is -0.341 e. The predicted molar refractivity (Wildman–Crippen MR) is 134 cm³/mol. The topological polar surface area (TPSA) is 105 Å². The maximum absolute atomic E-state index is 13.7. The second-order valence-corrected chi connectivity index (χ2v) is 11.6. The molecule has 2 saturated heterocycles. The lowest BCUT2D eigenvalue weighted by molar-refractivity contribution is -0.131. The zero-order valence-corrected chi connectivity index (χ0v) is 21.8. The third kappa shape index (κ3) is 5.13. The normalized spacial score (nSPS) is 19.2. The number of hydrogen-bond donors (Lipinski definition) is 1. The van der Waals surface area contributed by atoms with E-state index in [1.165, 1.54) is 8.99 Å². The summed E-state index contributed by atoms with van der Waals surface area (Å²) in [6.07, 6.45) is 3.22. The monoisotopic (exact) mass is 501 g/mol. The van der Waals surface area contributed by atoms with Crippen molar-refractivity contribution < 1.29 is 18.0 Å². The van der Waals surface area contributed by atoms with Gasteiger partial charge < -0.3 is 10.2 Å². The summed E-state index contributed by atoms with van der Waals surface area (Å²) in [7, 11) is -3.87. The van der Waals surface area contributed by atoms with E-state index in [1.54, 1.807) is 18.7 Å². The molecule has 1 aromatic heterocycles. The fraction of sp³-hybridized carbons (Fsp3) is 0.560. The predicted octanol–water partition coefficient (Wildman–Crippen LogP) is 2.78. The van der Waals surface area contributed by atoms with E-state index in [4.69, 9.17) is 0 Å². The summed E-state index contributed by atoms with van der Waals surface area (Å²) in [4.78, 5) is 27.6. The number of rotatable bonds is 6. The third-order valence-electron chi connectivity index (χ3n) is 7.27. The first-order valence-corrected chi connectivity index (χ1v) is 13.7. The van der Waals surface area contributed by atoms with Crippen LogP contribution in [0, 0.1) is 33.6 Å². The highest BCUT2D eigenvalue weighted by molar-refractivity contribution is 7.89. The van der Waals surface area contributed by atoms with Gasteiger partial charge in [0.1, 0.15) is 11.4 Å². The average Bonchev–Trinajstić information content (AvgIpc) is 3.45. The van der Waals surface area contributed by atoms with Crippen molar-refractivity contribution in [1.82, 2.24) is 19.0 Å². The van der Waals surface area contributed by atoms with Crippen LogP contribution in [0.4, 0.5) is 5.69 Å². The first kappa shape index (κ1) is 25.4. The molecule has 0 saturated carbocycles. The Hall–Kier alpha value is -2.72. The van der Waals surface area contributed by atoms with Gasteiger partial charge in [0, 0.05) is 31.9 Å². The standard InChI is InChI=1S/C25H35N5O4S/c1-17-9-7-11-22(18(17)2)26-25(32)21-10-8-14-29(15-21)35(33,34)24-19(3)27-30(20(24)4)16-23(31)28-12-5-6-13-28/h7,9,11,21H,5-6,8,10,12-16H2,1-4H3,(H,26,32). The first-order valence-electron chi connectivity index (χ1n) is 12.3. The molecular weight excluding hydrogens is 466 g/mol. The Morgan fingerprint density at radius 2 is 1.77 bits per heavy atom. The highest BCUT2D eigenvalue weighted by Crippen LogP contribution is 2.29. The second-order valence-electron chi connectivity index (χ2n) is 9.68. The van der Waals surface area contributed by atoms with Gasteiger partial charge >= 0.3 is 0 Å². The number of carbonyl (C=O) groups is 2. The van der Waals surface area contributed by atoms with Gasteiger partial charge in [0.25, 0.3) is 0 Å². The molecule has 10 heteroatoms. The molecule has 2 aromatic rings. The van der Waals surface area contributed by atoms with Crippen LogP contribution in [-0.4, -0.2) is 65.4 Å². The molecule has 3 heterocycles. The first-order chi connectivity index (χ1) is 16.6. The summed E-state index contributed by atoms with van der Waals surface area (Å²) < 4.78 is 30.2. The quantitative estimate of drug-likeness (QED) is 0.655. The smallest absolute Gasteiger partial charge is 0.246 e. The molecule has 2 aliphatic heterocycles. The zero-order valence-electron chi connectivity index (χ0n) is 21.0. The summed E-state index contributed by atoms with van der Waals surface area (Å²) >= 11 is 0. The molecule has 0 spiro atoms. The molecule has 9 nitrogen and oxygen atoms in total. The number of hydrogen-bond acceptors (Lipinski definition) is 5. The number of amides is 2. The van der Waals surface area contributed by atoms with Crippen LogP contribution in [0.25, 0.3) is 0 Å². The van der Waals surface area contributed by atoms with E-state index in [0.717, 1.165) is 42.7 Å². The lowest BCUT2D eigenvalue weighted by atomic mass is 9.98. The van der Waals surface area contributed by atoms with Gasteiger partial charge in [-0.25, -0.2) is 8.42 Å². The maximum Gasteiger partial charge on any atom is 0.246 e. The summed E-state index contributed by atoms with van der Waals surface area (Å²) in [6, 6.07) is 5.75. The number of sulfonamides is 1. The highest BCUT2D eigenvalue weighted by atomic mass is 32.2. The summed E-state index contributed by atoms with van der Waals surface area (Å²) in [6.45, 7) is 9.28. The van der Waals surface area contributed by atoms with Crippen LogP contribution in [0.5, 0.6) is 0 Å². The van der Waals surface area contributed by atoms with Crippen LogP contribution in [0.15, 0.2) is 23.1 Å². The van der Waals surface area contributed by atoms with Crippen molar-refractivity contribution in [3.8, 4) is 0 Å². The summed E-state index contributed by atoms with van der Waals surface area (Å²) in [5.74, 6) is -0.650. The van der Waals surface area contributed by atoms with Crippen molar-refractivity contribution in [1.29, 1.82) is 0 Å². The highest BCUT2D eigenvalue weighted by Gasteiger charge is 2.37. The van der Waals surface area contributed by atoms with E-state index in [2.05, 4.69) is 10.4 Å². The molecule has 2 amide bonds. The molecule has 0 radical (unpaired) electrons. The lowest BCUT2D eigenvalue weighted by Crippen LogP contribution is -2.44. The van der Waals surface area contributed by atoms with Crippen LogP contribution in [0.3, 0.4) is 0 Å². The van der Waals surface area contributed by atoms with Gasteiger partial charge in [-0.15, -0.1) is 0 Å². The Balaban J connectivity index is 1.50. The Morgan fingerprint density at radius 3 is 2.49 bits per heavy atom. The van der Waals surface area contributed by atoms with Crippen LogP contribution < -0.4 is 5.32 Å². The molecule has 1 atom stereocenters. The number of aryl methyl sites for hydroxylation is 2. The van der Waals surface area contributed by atoms with E-state index >= 15 is 0 Å². The van der Waals surface area contributed by atoms with Crippen LogP contribution in [-0.2, 0) is 26.2 Å².